The van der Waals surface area contributed by atoms with Gasteiger partial charge in [0.15, 0.2) is 5.78 Å². The lowest BCUT2D eigenvalue weighted by atomic mass is 9.84. The van der Waals surface area contributed by atoms with Gasteiger partial charge in [-0.2, -0.15) is 0 Å². The summed E-state index contributed by atoms with van der Waals surface area (Å²) in [6.45, 7) is 3.18. The van der Waals surface area contributed by atoms with E-state index in [1.54, 1.807) is 0 Å². The number of aliphatic imine (C=N–C) groups is 1. The molecule has 5 nitrogen and oxygen atoms in total. The fraction of sp³-hybridized carbons (Fsp3) is 0.533. The van der Waals surface area contributed by atoms with Crippen molar-refractivity contribution in [3.05, 3.63) is 23.3 Å². The number of thioether (sulfide) groups is 1. The number of allylic oxidation sites excluding steroid dienone is 1. The highest BCUT2D eigenvalue weighted by atomic mass is 35.5. The van der Waals surface area contributed by atoms with E-state index in [9.17, 15) is 9.59 Å². The number of ketones is 1. The molecule has 1 unspecified atom stereocenters. The Labute approximate surface area is 139 Å². The van der Waals surface area contributed by atoms with Crippen LogP contribution in [-0.4, -0.2) is 53.2 Å². The third kappa shape index (κ3) is 2.64. The van der Waals surface area contributed by atoms with Crippen molar-refractivity contribution < 1.29 is 9.59 Å². The predicted molar refractivity (Wildman–Crippen MR) is 89.4 cm³/mol. The molecule has 5 rings (SSSR count). The summed E-state index contributed by atoms with van der Waals surface area (Å²) in [6, 6.07) is 0.174. The number of amides is 1. The molecule has 0 saturated carbocycles. The second-order valence-corrected chi connectivity index (χ2v) is 7.01. The molecule has 2 bridgehead atoms. The normalized spacial score (nSPS) is 35.4. The van der Waals surface area contributed by atoms with Gasteiger partial charge >= 0.3 is 0 Å². The van der Waals surface area contributed by atoms with Crippen LogP contribution in [0.5, 0.6) is 0 Å². The summed E-state index contributed by atoms with van der Waals surface area (Å²) in [7, 11) is 0. The molecule has 5 aliphatic rings. The van der Waals surface area contributed by atoms with Gasteiger partial charge in [0.2, 0.25) is 0 Å². The summed E-state index contributed by atoms with van der Waals surface area (Å²) in [6.07, 6.45) is 5.55. The Balaban J connectivity index is 0.00000144. The second-order valence-electron chi connectivity index (χ2n) is 6.00. The maximum atomic E-state index is 12.4. The lowest BCUT2D eigenvalue weighted by molar-refractivity contribution is -0.123. The van der Waals surface area contributed by atoms with E-state index in [2.05, 4.69) is 15.2 Å². The topological polar surface area (TPSA) is 61.8 Å². The van der Waals surface area contributed by atoms with Gasteiger partial charge in [0, 0.05) is 18.8 Å². The number of halogens is 1. The van der Waals surface area contributed by atoms with Gasteiger partial charge in [0.05, 0.1) is 5.71 Å². The molecular weight excluding hydrogens is 322 g/mol. The Hall–Kier alpha value is -1.11. The fourth-order valence-corrected chi connectivity index (χ4v) is 4.45. The number of nitrogens with zero attached hydrogens (tertiary/aromatic N) is 2. The SMILES string of the molecule is Cl.O=C(N[C@H]1CN2CCC1CC2)C1=CN=C2C=CSC2C1=O. The number of rotatable bonds is 2. The Morgan fingerprint density at radius 1 is 1.36 bits per heavy atom. The summed E-state index contributed by atoms with van der Waals surface area (Å²) in [4.78, 5) is 31.4. The van der Waals surface area contributed by atoms with E-state index >= 15 is 0 Å². The maximum absolute atomic E-state index is 12.4. The van der Waals surface area contributed by atoms with Crippen molar-refractivity contribution in [2.75, 3.05) is 19.6 Å². The number of carbonyl (C=O) groups is 2. The van der Waals surface area contributed by atoms with Crippen molar-refractivity contribution in [2.24, 2.45) is 10.9 Å². The number of nitrogens with one attached hydrogen (secondary N) is 1. The number of hydrogen-bond acceptors (Lipinski definition) is 5. The molecule has 1 N–H and O–H groups in total. The Morgan fingerprint density at radius 2 is 2.14 bits per heavy atom. The summed E-state index contributed by atoms with van der Waals surface area (Å²) < 4.78 is 0. The Bertz CT molecular complexity index is 594. The Kier molecular flexibility index (Phi) is 4.43. The van der Waals surface area contributed by atoms with Gasteiger partial charge in [-0.1, -0.05) is 0 Å². The third-order valence-corrected chi connectivity index (χ3v) is 5.81. The van der Waals surface area contributed by atoms with Crippen LogP contribution in [0.3, 0.4) is 0 Å². The van der Waals surface area contributed by atoms with Crippen molar-refractivity contribution in [3.8, 4) is 0 Å². The molecule has 5 aliphatic heterocycles. The molecular formula is C15H18ClN3O2S. The van der Waals surface area contributed by atoms with Crippen molar-refractivity contribution >= 4 is 41.6 Å². The van der Waals surface area contributed by atoms with E-state index in [0.29, 0.717) is 5.92 Å². The molecule has 0 radical (unpaired) electrons. The monoisotopic (exact) mass is 339 g/mol. The van der Waals surface area contributed by atoms with Gasteiger partial charge in [0.25, 0.3) is 5.91 Å². The highest BCUT2D eigenvalue weighted by Crippen LogP contribution is 2.30. The minimum atomic E-state index is -0.317. The van der Waals surface area contributed by atoms with Gasteiger partial charge in [-0.3, -0.25) is 14.6 Å². The molecule has 3 saturated heterocycles. The first-order valence-electron chi connectivity index (χ1n) is 7.39. The summed E-state index contributed by atoms with van der Waals surface area (Å²) in [5, 5.41) is 4.61. The number of piperidine rings is 3. The van der Waals surface area contributed by atoms with Crippen LogP contribution in [0.25, 0.3) is 0 Å². The van der Waals surface area contributed by atoms with Crippen LogP contribution in [0.2, 0.25) is 0 Å². The van der Waals surface area contributed by atoms with E-state index in [1.807, 2.05) is 11.5 Å². The van der Waals surface area contributed by atoms with Crippen LogP contribution in [-0.2, 0) is 9.59 Å². The second kappa shape index (κ2) is 6.18. The summed E-state index contributed by atoms with van der Waals surface area (Å²) in [5.41, 5.74) is 0.959. The summed E-state index contributed by atoms with van der Waals surface area (Å²) >= 11 is 1.42. The zero-order chi connectivity index (χ0) is 14.4. The van der Waals surface area contributed by atoms with Gasteiger partial charge in [0.1, 0.15) is 10.8 Å². The smallest absolute Gasteiger partial charge is 0.256 e. The van der Waals surface area contributed by atoms with E-state index in [-0.39, 0.29) is 41.0 Å². The van der Waals surface area contributed by atoms with Crippen LogP contribution >= 0.6 is 24.2 Å². The van der Waals surface area contributed by atoms with Gasteiger partial charge in [-0.25, -0.2) is 0 Å². The van der Waals surface area contributed by atoms with Crippen LogP contribution < -0.4 is 5.32 Å². The fourth-order valence-electron chi connectivity index (χ4n) is 3.54. The summed E-state index contributed by atoms with van der Waals surface area (Å²) in [5.74, 6) is 0.183. The number of fused-ring (bicyclic) bond motifs is 4. The van der Waals surface area contributed by atoms with Crippen LogP contribution in [0.4, 0.5) is 0 Å². The average Bonchev–Trinajstić information content (AvgIpc) is 2.98. The van der Waals surface area contributed by atoms with E-state index in [4.69, 9.17) is 0 Å². The zero-order valence-electron chi connectivity index (χ0n) is 12.0. The largest absolute Gasteiger partial charge is 0.348 e. The minimum Gasteiger partial charge on any atom is -0.348 e. The molecule has 0 spiro atoms. The Morgan fingerprint density at radius 3 is 2.82 bits per heavy atom. The van der Waals surface area contributed by atoms with Gasteiger partial charge < -0.3 is 10.2 Å². The van der Waals surface area contributed by atoms with Crippen molar-refractivity contribution in [1.82, 2.24) is 10.2 Å². The number of carbonyl (C=O) groups excluding carboxylic acids is 2. The molecule has 1 amide bonds. The molecule has 0 aliphatic carbocycles. The third-order valence-electron chi connectivity index (χ3n) is 4.79. The van der Waals surface area contributed by atoms with Crippen LogP contribution in [0, 0.1) is 5.92 Å². The zero-order valence-corrected chi connectivity index (χ0v) is 13.7. The van der Waals surface area contributed by atoms with E-state index < -0.39 is 0 Å². The predicted octanol–water partition coefficient (Wildman–Crippen LogP) is 1.16. The van der Waals surface area contributed by atoms with Gasteiger partial charge in [-0.15, -0.1) is 24.2 Å². The maximum Gasteiger partial charge on any atom is 0.256 e. The van der Waals surface area contributed by atoms with Crippen molar-refractivity contribution in [2.45, 2.75) is 24.1 Å². The first-order valence-corrected chi connectivity index (χ1v) is 8.34. The molecule has 7 heteroatoms. The highest BCUT2D eigenvalue weighted by Gasteiger charge is 2.38. The van der Waals surface area contributed by atoms with E-state index in [0.717, 1.165) is 38.2 Å². The van der Waals surface area contributed by atoms with Crippen LogP contribution in [0.1, 0.15) is 12.8 Å². The van der Waals surface area contributed by atoms with Crippen LogP contribution in [0.15, 0.2) is 28.2 Å². The average molecular weight is 340 g/mol. The van der Waals surface area contributed by atoms with Crippen molar-refractivity contribution in [1.29, 1.82) is 0 Å². The number of hydrogen-bond donors (Lipinski definition) is 1. The molecule has 118 valence electrons. The molecule has 3 fully saturated rings. The molecule has 22 heavy (non-hydrogen) atoms. The molecule has 0 aromatic carbocycles. The lowest BCUT2D eigenvalue weighted by Gasteiger charge is -2.45. The first-order chi connectivity index (χ1) is 10.2. The van der Waals surface area contributed by atoms with E-state index in [1.165, 1.54) is 18.0 Å². The minimum absolute atomic E-state index is 0. The number of Topliss-reactive ketones (excluding diaryl/α,β-unsaturated/α-hetero) is 1. The molecule has 0 aromatic rings. The van der Waals surface area contributed by atoms with Gasteiger partial charge in [-0.05, 0) is 43.3 Å². The standard InChI is InChI=1S/C15H17N3O2S.ClH/c19-13-10(7-16-11-3-6-21-14(11)13)15(20)17-12-8-18-4-1-9(12)2-5-18;/h3,6-7,9,12,14H,1-2,4-5,8H2,(H,17,20);1H/t12-,14?;/m0./s1. The lowest BCUT2D eigenvalue weighted by Crippen LogP contribution is -2.57. The highest BCUT2D eigenvalue weighted by molar-refractivity contribution is 8.04. The molecule has 5 heterocycles. The van der Waals surface area contributed by atoms with Crippen molar-refractivity contribution in [3.63, 3.8) is 0 Å². The molecule has 2 atom stereocenters. The first kappa shape index (κ1) is 15.8. The quantitative estimate of drug-likeness (QED) is 0.767. The molecule has 0 aromatic heterocycles.